The van der Waals surface area contributed by atoms with E-state index in [9.17, 15) is 13.2 Å². The Morgan fingerprint density at radius 1 is 1.29 bits per heavy atom. The summed E-state index contributed by atoms with van der Waals surface area (Å²) in [5, 5.41) is 10.9. The molecule has 0 aliphatic carbocycles. The van der Waals surface area contributed by atoms with Crippen LogP contribution in [0.3, 0.4) is 0 Å². The van der Waals surface area contributed by atoms with Crippen molar-refractivity contribution in [2.24, 2.45) is 16.8 Å². The molecular formula is C10H20F3N3O. The zero-order valence-corrected chi connectivity index (χ0v) is 10.2. The summed E-state index contributed by atoms with van der Waals surface area (Å²) in [7, 11) is 0. The summed E-state index contributed by atoms with van der Waals surface area (Å²) in [6.45, 7) is 4.67. The standard InChI is InChI=1S/C10H20F3N3O/c1-3-5-16(6-4-2)7-8(9(14)15-17)10(11,12)13/h8,17H,3-7H2,1-2H3,(H2,14,15). The summed E-state index contributed by atoms with van der Waals surface area (Å²) >= 11 is 0. The van der Waals surface area contributed by atoms with Crippen LogP contribution in [0.25, 0.3) is 0 Å². The number of hydrogen-bond acceptors (Lipinski definition) is 3. The van der Waals surface area contributed by atoms with Crippen molar-refractivity contribution in [2.75, 3.05) is 19.6 Å². The maximum absolute atomic E-state index is 12.7. The fourth-order valence-corrected chi connectivity index (χ4v) is 1.62. The van der Waals surface area contributed by atoms with Crippen molar-refractivity contribution >= 4 is 5.84 Å². The highest BCUT2D eigenvalue weighted by molar-refractivity contribution is 5.83. The monoisotopic (exact) mass is 255 g/mol. The number of alkyl halides is 3. The van der Waals surface area contributed by atoms with Gasteiger partial charge in [-0.2, -0.15) is 13.2 Å². The normalized spacial score (nSPS) is 15.3. The summed E-state index contributed by atoms with van der Waals surface area (Å²) in [5.74, 6) is -2.69. The van der Waals surface area contributed by atoms with Crippen LogP contribution in [0.5, 0.6) is 0 Å². The molecule has 4 nitrogen and oxygen atoms in total. The molecule has 0 radical (unpaired) electrons. The minimum absolute atomic E-state index is 0.263. The Morgan fingerprint density at radius 3 is 2.06 bits per heavy atom. The molecule has 102 valence electrons. The average molecular weight is 255 g/mol. The summed E-state index contributed by atoms with van der Waals surface area (Å²) in [6.07, 6.45) is -2.96. The Labute approximate surface area is 99.3 Å². The quantitative estimate of drug-likeness (QED) is 0.317. The molecule has 0 amide bonds. The molecule has 0 fully saturated rings. The van der Waals surface area contributed by atoms with Crippen molar-refractivity contribution in [1.29, 1.82) is 0 Å². The van der Waals surface area contributed by atoms with Crippen molar-refractivity contribution < 1.29 is 18.4 Å². The molecule has 17 heavy (non-hydrogen) atoms. The van der Waals surface area contributed by atoms with Crippen molar-refractivity contribution in [1.82, 2.24) is 4.90 Å². The van der Waals surface area contributed by atoms with Gasteiger partial charge in [0.05, 0.1) is 0 Å². The van der Waals surface area contributed by atoms with E-state index in [1.165, 1.54) is 0 Å². The van der Waals surface area contributed by atoms with Gasteiger partial charge < -0.3 is 15.8 Å². The second kappa shape index (κ2) is 7.37. The second-order valence-corrected chi connectivity index (χ2v) is 3.92. The number of hydrogen-bond donors (Lipinski definition) is 2. The summed E-state index contributed by atoms with van der Waals surface area (Å²) in [5.41, 5.74) is 5.10. The van der Waals surface area contributed by atoms with Gasteiger partial charge in [0.2, 0.25) is 0 Å². The van der Waals surface area contributed by atoms with E-state index in [2.05, 4.69) is 5.16 Å². The van der Waals surface area contributed by atoms with Gasteiger partial charge in [-0.3, -0.25) is 0 Å². The van der Waals surface area contributed by atoms with Crippen LogP contribution in [0.4, 0.5) is 13.2 Å². The van der Waals surface area contributed by atoms with Gasteiger partial charge in [0, 0.05) is 6.54 Å². The predicted octanol–water partition coefficient (Wildman–Crippen LogP) is 2.03. The van der Waals surface area contributed by atoms with Crippen molar-refractivity contribution in [3.63, 3.8) is 0 Å². The zero-order valence-electron chi connectivity index (χ0n) is 10.2. The topological polar surface area (TPSA) is 61.8 Å². The number of nitrogens with two attached hydrogens (primary N) is 1. The Hall–Kier alpha value is -0.980. The van der Waals surface area contributed by atoms with E-state index in [0.29, 0.717) is 13.1 Å². The van der Waals surface area contributed by atoms with Crippen LogP contribution in [0.2, 0.25) is 0 Å². The summed E-state index contributed by atoms with van der Waals surface area (Å²) in [4.78, 5) is 1.68. The van der Waals surface area contributed by atoms with Gasteiger partial charge in [-0.15, -0.1) is 0 Å². The summed E-state index contributed by atoms with van der Waals surface area (Å²) < 4.78 is 38.1. The third kappa shape index (κ3) is 5.76. The van der Waals surface area contributed by atoms with Crippen LogP contribution in [-0.4, -0.2) is 41.8 Å². The highest BCUT2D eigenvalue weighted by atomic mass is 19.4. The molecule has 0 aromatic heterocycles. The van der Waals surface area contributed by atoms with Gasteiger partial charge in [-0.1, -0.05) is 19.0 Å². The van der Waals surface area contributed by atoms with E-state index >= 15 is 0 Å². The van der Waals surface area contributed by atoms with Crippen LogP contribution in [0.15, 0.2) is 5.16 Å². The zero-order chi connectivity index (χ0) is 13.5. The van der Waals surface area contributed by atoms with E-state index in [1.807, 2.05) is 13.8 Å². The minimum Gasteiger partial charge on any atom is -0.409 e. The number of rotatable bonds is 7. The molecule has 7 heteroatoms. The highest BCUT2D eigenvalue weighted by Crippen LogP contribution is 2.27. The summed E-state index contributed by atoms with van der Waals surface area (Å²) in [6, 6.07) is 0. The molecule has 0 spiro atoms. The first-order valence-corrected chi connectivity index (χ1v) is 5.63. The van der Waals surface area contributed by atoms with E-state index in [-0.39, 0.29) is 6.54 Å². The Balaban J connectivity index is 4.71. The van der Waals surface area contributed by atoms with Gasteiger partial charge >= 0.3 is 6.18 Å². The molecule has 0 aliphatic rings. The lowest BCUT2D eigenvalue weighted by atomic mass is 10.1. The first-order valence-electron chi connectivity index (χ1n) is 5.63. The van der Waals surface area contributed by atoms with Crippen molar-refractivity contribution in [2.45, 2.75) is 32.9 Å². The van der Waals surface area contributed by atoms with Gasteiger partial charge in [0.15, 0.2) is 5.84 Å². The molecule has 1 atom stereocenters. The first-order chi connectivity index (χ1) is 7.86. The van der Waals surface area contributed by atoms with Crippen LogP contribution in [-0.2, 0) is 0 Å². The fraction of sp³-hybridized carbons (Fsp3) is 0.900. The Morgan fingerprint density at radius 2 is 1.76 bits per heavy atom. The lowest BCUT2D eigenvalue weighted by Crippen LogP contribution is -2.44. The smallest absolute Gasteiger partial charge is 0.400 e. The molecule has 0 aromatic rings. The van der Waals surface area contributed by atoms with Gasteiger partial charge in [-0.25, -0.2) is 0 Å². The Kier molecular flexibility index (Phi) is 6.94. The Bertz CT molecular complexity index is 237. The molecule has 0 bridgehead atoms. The van der Waals surface area contributed by atoms with Crippen molar-refractivity contribution in [3.8, 4) is 0 Å². The van der Waals surface area contributed by atoms with Gasteiger partial charge in [0.1, 0.15) is 5.92 Å². The average Bonchev–Trinajstić information content (AvgIpc) is 2.23. The van der Waals surface area contributed by atoms with E-state index in [0.717, 1.165) is 12.8 Å². The van der Waals surface area contributed by atoms with Gasteiger partial charge in [-0.05, 0) is 25.9 Å². The fourth-order valence-electron chi connectivity index (χ4n) is 1.62. The van der Waals surface area contributed by atoms with Crippen LogP contribution in [0, 0.1) is 5.92 Å². The van der Waals surface area contributed by atoms with Crippen LogP contribution in [0.1, 0.15) is 26.7 Å². The second-order valence-electron chi connectivity index (χ2n) is 3.92. The maximum atomic E-state index is 12.7. The predicted molar refractivity (Wildman–Crippen MR) is 60.0 cm³/mol. The largest absolute Gasteiger partial charge is 0.409 e. The van der Waals surface area contributed by atoms with Crippen LogP contribution < -0.4 is 5.73 Å². The van der Waals surface area contributed by atoms with Crippen LogP contribution >= 0.6 is 0 Å². The first kappa shape index (κ1) is 16.0. The van der Waals surface area contributed by atoms with Gasteiger partial charge in [0.25, 0.3) is 0 Å². The molecule has 3 N–H and O–H groups in total. The van der Waals surface area contributed by atoms with E-state index < -0.39 is 17.9 Å². The molecule has 1 unspecified atom stereocenters. The molecule has 0 saturated carbocycles. The molecule has 0 aliphatic heterocycles. The number of nitrogens with zero attached hydrogens (tertiary/aromatic N) is 2. The minimum atomic E-state index is -4.49. The molecular weight excluding hydrogens is 235 g/mol. The third-order valence-corrected chi connectivity index (χ3v) is 2.39. The number of oxime groups is 1. The number of halogens is 3. The van der Waals surface area contributed by atoms with E-state index in [4.69, 9.17) is 10.9 Å². The number of amidine groups is 1. The SMILES string of the molecule is CCCN(CCC)CC(C(N)=NO)C(F)(F)F. The molecule has 0 aromatic carbocycles. The lowest BCUT2D eigenvalue weighted by Gasteiger charge is -2.27. The maximum Gasteiger partial charge on any atom is 0.400 e. The molecule has 0 heterocycles. The molecule has 0 saturated heterocycles. The van der Waals surface area contributed by atoms with E-state index in [1.54, 1.807) is 4.90 Å². The highest BCUT2D eigenvalue weighted by Gasteiger charge is 2.43. The van der Waals surface area contributed by atoms with Crippen molar-refractivity contribution in [3.05, 3.63) is 0 Å². The molecule has 0 rings (SSSR count). The lowest BCUT2D eigenvalue weighted by molar-refractivity contribution is -0.160. The third-order valence-electron chi connectivity index (χ3n) is 2.39.